The zero-order chi connectivity index (χ0) is 9.61. The highest BCUT2D eigenvalue weighted by molar-refractivity contribution is 5.81. The summed E-state index contributed by atoms with van der Waals surface area (Å²) in [6.45, 7) is 4.45. The molecule has 0 aliphatic rings. The molecule has 0 bridgehead atoms. The van der Waals surface area contributed by atoms with Gasteiger partial charge in [0, 0.05) is 13.6 Å². The summed E-state index contributed by atoms with van der Waals surface area (Å²) < 4.78 is 0. The molecule has 0 atom stereocenters. The summed E-state index contributed by atoms with van der Waals surface area (Å²) in [5.41, 5.74) is -0.453. The minimum absolute atomic E-state index is 0.0204. The summed E-state index contributed by atoms with van der Waals surface area (Å²) in [6.07, 6.45) is 0. The van der Waals surface area contributed by atoms with Crippen LogP contribution in [0.4, 0.5) is 0 Å². The molecule has 0 aliphatic heterocycles. The SMILES string of the molecule is CNC(=O)C(C)(C)CNCC#N. The van der Waals surface area contributed by atoms with E-state index >= 15 is 0 Å². The van der Waals surface area contributed by atoms with Gasteiger partial charge in [-0.15, -0.1) is 0 Å². The van der Waals surface area contributed by atoms with Crippen molar-refractivity contribution in [1.82, 2.24) is 10.6 Å². The zero-order valence-electron chi connectivity index (χ0n) is 7.77. The van der Waals surface area contributed by atoms with Crippen LogP contribution in [0.3, 0.4) is 0 Å². The molecular weight excluding hydrogens is 154 g/mol. The number of hydrogen-bond donors (Lipinski definition) is 2. The molecule has 68 valence electrons. The Morgan fingerprint density at radius 3 is 2.58 bits per heavy atom. The Morgan fingerprint density at radius 2 is 2.17 bits per heavy atom. The minimum atomic E-state index is -0.453. The third-order valence-corrected chi connectivity index (χ3v) is 1.61. The predicted octanol–water partition coefficient (Wildman–Crippen LogP) is -0.128. The van der Waals surface area contributed by atoms with Gasteiger partial charge in [0.2, 0.25) is 5.91 Å². The van der Waals surface area contributed by atoms with Gasteiger partial charge in [-0.1, -0.05) is 0 Å². The fourth-order valence-corrected chi connectivity index (χ4v) is 0.850. The Kier molecular flexibility index (Phi) is 4.30. The van der Waals surface area contributed by atoms with Crippen LogP contribution in [-0.2, 0) is 4.79 Å². The number of nitrogens with one attached hydrogen (secondary N) is 2. The molecule has 1 amide bonds. The van der Waals surface area contributed by atoms with Gasteiger partial charge in [0.15, 0.2) is 0 Å². The van der Waals surface area contributed by atoms with E-state index in [0.29, 0.717) is 6.54 Å². The molecule has 0 radical (unpaired) electrons. The fourth-order valence-electron chi connectivity index (χ4n) is 0.850. The lowest BCUT2D eigenvalue weighted by molar-refractivity contribution is -0.128. The maximum atomic E-state index is 11.2. The van der Waals surface area contributed by atoms with E-state index in [4.69, 9.17) is 5.26 Å². The van der Waals surface area contributed by atoms with E-state index in [1.165, 1.54) is 0 Å². The van der Waals surface area contributed by atoms with Crippen molar-refractivity contribution in [3.05, 3.63) is 0 Å². The number of amides is 1. The maximum absolute atomic E-state index is 11.2. The van der Waals surface area contributed by atoms with E-state index in [0.717, 1.165) is 0 Å². The number of carbonyl (C=O) groups excluding carboxylic acids is 1. The lowest BCUT2D eigenvalue weighted by Gasteiger charge is -2.21. The van der Waals surface area contributed by atoms with Gasteiger partial charge in [-0.25, -0.2) is 0 Å². The van der Waals surface area contributed by atoms with Crippen LogP contribution in [0.2, 0.25) is 0 Å². The van der Waals surface area contributed by atoms with Crippen molar-refractivity contribution in [2.75, 3.05) is 20.1 Å². The second kappa shape index (κ2) is 4.73. The Morgan fingerprint density at radius 1 is 1.58 bits per heavy atom. The van der Waals surface area contributed by atoms with E-state index in [-0.39, 0.29) is 12.5 Å². The zero-order valence-corrected chi connectivity index (χ0v) is 7.77. The second-order valence-electron chi connectivity index (χ2n) is 3.22. The molecule has 2 N–H and O–H groups in total. The molecule has 0 fully saturated rings. The Hall–Kier alpha value is -1.08. The van der Waals surface area contributed by atoms with Crippen molar-refractivity contribution in [2.24, 2.45) is 5.41 Å². The largest absolute Gasteiger partial charge is 0.359 e. The molecule has 0 aromatic rings. The number of hydrogen-bond acceptors (Lipinski definition) is 3. The van der Waals surface area contributed by atoms with Crippen LogP contribution >= 0.6 is 0 Å². The summed E-state index contributed by atoms with van der Waals surface area (Å²) in [7, 11) is 1.61. The maximum Gasteiger partial charge on any atom is 0.226 e. The van der Waals surface area contributed by atoms with Crippen molar-refractivity contribution in [2.45, 2.75) is 13.8 Å². The third kappa shape index (κ3) is 3.35. The van der Waals surface area contributed by atoms with Crippen LogP contribution in [0.25, 0.3) is 0 Å². The molecule has 0 unspecified atom stereocenters. The van der Waals surface area contributed by atoms with Crippen LogP contribution in [-0.4, -0.2) is 26.0 Å². The molecule has 0 rings (SSSR count). The van der Waals surface area contributed by atoms with Crippen LogP contribution < -0.4 is 10.6 Å². The molecule has 4 heteroatoms. The first kappa shape index (κ1) is 10.9. The summed E-state index contributed by atoms with van der Waals surface area (Å²) in [5.74, 6) is -0.0204. The van der Waals surface area contributed by atoms with Crippen molar-refractivity contribution in [1.29, 1.82) is 5.26 Å². The lowest BCUT2D eigenvalue weighted by atomic mass is 9.92. The Labute approximate surface area is 72.9 Å². The van der Waals surface area contributed by atoms with Crippen LogP contribution in [0.1, 0.15) is 13.8 Å². The van der Waals surface area contributed by atoms with Gasteiger partial charge in [-0.05, 0) is 13.8 Å². The molecule has 0 aromatic heterocycles. The van der Waals surface area contributed by atoms with Gasteiger partial charge < -0.3 is 10.6 Å². The quantitative estimate of drug-likeness (QED) is 0.455. The molecule has 12 heavy (non-hydrogen) atoms. The number of rotatable bonds is 4. The summed E-state index contributed by atoms with van der Waals surface area (Å²) in [6, 6.07) is 1.95. The molecule has 0 spiro atoms. The van der Waals surface area contributed by atoms with E-state index < -0.39 is 5.41 Å². The summed E-state index contributed by atoms with van der Waals surface area (Å²) in [5, 5.41) is 13.7. The Bertz CT molecular complexity index is 193. The van der Waals surface area contributed by atoms with Crippen molar-refractivity contribution >= 4 is 5.91 Å². The summed E-state index contributed by atoms with van der Waals surface area (Å²) in [4.78, 5) is 11.2. The highest BCUT2D eigenvalue weighted by Gasteiger charge is 2.25. The second-order valence-corrected chi connectivity index (χ2v) is 3.22. The monoisotopic (exact) mass is 169 g/mol. The highest BCUT2D eigenvalue weighted by atomic mass is 16.2. The van der Waals surface area contributed by atoms with Crippen molar-refractivity contribution < 1.29 is 4.79 Å². The first-order valence-corrected chi connectivity index (χ1v) is 3.84. The standard InChI is InChI=1S/C8H15N3O/c1-8(2,7(12)10-3)6-11-5-4-9/h11H,5-6H2,1-3H3,(H,10,12). The van der Waals surface area contributed by atoms with E-state index in [1.54, 1.807) is 7.05 Å². The molecule has 0 aliphatic carbocycles. The first-order chi connectivity index (χ1) is 5.54. The van der Waals surface area contributed by atoms with Crippen LogP contribution in [0.15, 0.2) is 0 Å². The molecule has 0 saturated carbocycles. The van der Waals surface area contributed by atoms with E-state index in [9.17, 15) is 4.79 Å². The molecular formula is C8H15N3O. The van der Waals surface area contributed by atoms with Crippen molar-refractivity contribution in [3.8, 4) is 6.07 Å². The highest BCUT2D eigenvalue weighted by Crippen LogP contribution is 2.12. The topological polar surface area (TPSA) is 64.9 Å². The van der Waals surface area contributed by atoms with Gasteiger partial charge >= 0.3 is 0 Å². The first-order valence-electron chi connectivity index (χ1n) is 3.84. The average molecular weight is 169 g/mol. The number of carbonyl (C=O) groups is 1. The minimum Gasteiger partial charge on any atom is -0.359 e. The number of nitriles is 1. The van der Waals surface area contributed by atoms with Gasteiger partial charge in [0.25, 0.3) is 0 Å². The number of nitrogens with zero attached hydrogens (tertiary/aromatic N) is 1. The summed E-state index contributed by atoms with van der Waals surface area (Å²) >= 11 is 0. The average Bonchev–Trinajstić information content (AvgIpc) is 2.03. The lowest BCUT2D eigenvalue weighted by Crippen LogP contribution is -2.42. The molecule has 4 nitrogen and oxygen atoms in total. The Balaban J connectivity index is 3.88. The van der Waals surface area contributed by atoms with E-state index in [2.05, 4.69) is 10.6 Å². The van der Waals surface area contributed by atoms with Crippen molar-refractivity contribution in [3.63, 3.8) is 0 Å². The van der Waals surface area contributed by atoms with Crippen LogP contribution in [0.5, 0.6) is 0 Å². The fraction of sp³-hybridized carbons (Fsp3) is 0.750. The molecule has 0 saturated heterocycles. The van der Waals surface area contributed by atoms with E-state index in [1.807, 2.05) is 19.9 Å². The predicted molar refractivity (Wildman–Crippen MR) is 46.3 cm³/mol. The van der Waals surface area contributed by atoms with Gasteiger partial charge in [-0.2, -0.15) is 5.26 Å². The molecule has 0 aromatic carbocycles. The smallest absolute Gasteiger partial charge is 0.226 e. The molecule has 0 heterocycles. The van der Waals surface area contributed by atoms with Crippen LogP contribution in [0, 0.1) is 16.7 Å². The third-order valence-electron chi connectivity index (χ3n) is 1.61. The van der Waals surface area contributed by atoms with Gasteiger partial charge in [0.1, 0.15) is 0 Å². The van der Waals surface area contributed by atoms with Gasteiger partial charge in [0.05, 0.1) is 18.0 Å². The van der Waals surface area contributed by atoms with Gasteiger partial charge in [-0.3, -0.25) is 4.79 Å². The normalized spacial score (nSPS) is 10.5.